The number of nitrogens with one attached hydrogen (secondary N) is 2. The summed E-state index contributed by atoms with van der Waals surface area (Å²) in [5.74, 6) is -0.398. The largest absolute Gasteiger partial charge is 0.370 e. The van der Waals surface area contributed by atoms with Gasteiger partial charge < -0.3 is 11.1 Å². The van der Waals surface area contributed by atoms with Crippen LogP contribution in [0.1, 0.15) is 5.56 Å². The van der Waals surface area contributed by atoms with Crippen molar-refractivity contribution in [2.45, 2.75) is 11.8 Å². The van der Waals surface area contributed by atoms with E-state index in [0.29, 0.717) is 0 Å². The fourth-order valence-electron chi connectivity index (χ4n) is 1.11. The maximum absolute atomic E-state index is 11.0. The van der Waals surface area contributed by atoms with Gasteiger partial charge in [-0.3, -0.25) is 9.96 Å². The molecule has 0 aliphatic carbocycles. The van der Waals surface area contributed by atoms with Crippen molar-refractivity contribution in [3.05, 3.63) is 23.8 Å². The Hall–Kier alpha value is -1.60. The third kappa shape index (κ3) is 2.93. The van der Waals surface area contributed by atoms with E-state index in [1.807, 2.05) is 0 Å². The lowest BCUT2D eigenvalue weighted by Gasteiger charge is -2.09. The molecule has 82 valence electrons. The predicted octanol–water partition coefficient (Wildman–Crippen LogP) is 0.547. The molecule has 0 radical (unpaired) electrons. The van der Waals surface area contributed by atoms with Gasteiger partial charge in [-0.25, -0.2) is 0 Å². The monoisotopic (exact) mass is 229 g/mol. The molecular formula is C8H11N3O3S. The Bertz CT molecular complexity index is 496. The minimum atomic E-state index is -4.31. The van der Waals surface area contributed by atoms with Gasteiger partial charge in [0.25, 0.3) is 10.1 Å². The van der Waals surface area contributed by atoms with Gasteiger partial charge in [-0.05, 0) is 24.6 Å². The highest BCUT2D eigenvalue weighted by Crippen LogP contribution is 2.21. The molecule has 6 nitrogen and oxygen atoms in total. The van der Waals surface area contributed by atoms with Crippen LogP contribution in [0.4, 0.5) is 5.69 Å². The van der Waals surface area contributed by atoms with Crippen LogP contribution >= 0.6 is 0 Å². The zero-order chi connectivity index (χ0) is 11.6. The Morgan fingerprint density at radius 1 is 1.53 bits per heavy atom. The topological polar surface area (TPSA) is 116 Å². The normalized spacial score (nSPS) is 11.1. The van der Waals surface area contributed by atoms with Crippen molar-refractivity contribution < 1.29 is 13.0 Å². The summed E-state index contributed by atoms with van der Waals surface area (Å²) in [6.07, 6.45) is 0. The Kier molecular flexibility index (Phi) is 2.96. The van der Waals surface area contributed by atoms with Crippen molar-refractivity contribution in [3.63, 3.8) is 0 Å². The Morgan fingerprint density at radius 2 is 2.13 bits per heavy atom. The molecule has 0 bridgehead atoms. The minimum absolute atomic E-state index is 0.0880. The zero-order valence-corrected chi connectivity index (χ0v) is 8.80. The molecule has 0 aromatic heterocycles. The average Bonchev–Trinajstić information content (AvgIpc) is 1.99. The molecule has 0 saturated carbocycles. The molecule has 0 aliphatic heterocycles. The van der Waals surface area contributed by atoms with Crippen molar-refractivity contribution in [2.75, 3.05) is 5.32 Å². The zero-order valence-electron chi connectivity index (χ0n) is 7.98. The molecule has 0 amide bonds. The first-order chi connectivity index (χ1) is 6.80. The van der Waals surface area contributed by atoms with E-state index in [0.717, 1.165) is 5.56 Å². The molecule has 0 fully saturated rings. The number of aryl methyl sites for hydroxylation is 1. The van der Waals surface area contributed by atoms with Gasteiger partial charge in [-0.15, -0.1) is 0 Å². The Morgan fingerprint density at radius 3 is 2.60 bits per heavy atom. The lowest BCUT2D eigenvalue weighted by molar-refractivity contribution is 0.483. The number of guanidine groups is 1. The fourth-order valence-corrected chi connectivity index (χ4v) is 1.74. The summed E-state index contributed by atoms with van der Waals surface area (Å²) in [5, 5.41) is 9.34. The van der Waals surface area contributed by atoms with Crippen LogP contribution in [-0.4, -0.2) is 18.9 Å². The highest BCUT2D eigenvalue weighted by molar-refractivity contribution is 7.86. The van der Waals surface area contributed by atoms with Crippen LogP contribution in [0.2, 0.25) is 0 Å². The number of anilines is 1. The van der Waals surface area contributed by atoms with Gasteiger partial charge in [0.15, 0.2) is 5.96 Å². The minimum Gasteiger partial charge on any atom is -0.370 e. The number of hydrogen-bond donors (Lipinski definition) is 4. The highest BCUT2D eigenvalue weighted by Gasteiger charge is 2.15. The SMILES string of the molecule is Cc1ccc(S(=O)(=O)O)c(NC(=N)N)c1. The van der Waals surface area contributed by atoms with E-state index in [9.17, 15) is 8.42 Å². The smallest absolute Gasteiger partial charge is 0.296 e. The number of hydrogen-bond acceptors (Lipinski definition) is 3. The molecule has 0 unspecified atom stereocenters. The van der Waals surface area contributed by atoms with Gasteiger partial charge in [0, 0.05) is 0 Å². The van der Waals surface area contributed by atoms with Crippen LogP contribution in [0.15, 0.2) is 23.1 Å². The van der Waals surface area contributed by atoms with Crippen molar-refractivity contribution in [1.82, 2.24) is 0 Å². The maximum Gasteiger partial charge on any atom is 0.296 e. The summed E-state index contributed by atoms with van der Waals surface area (Å²) >= 11 is 0. The molecule has 0 atom stereocenters. The van der Waals surface area contributed by atoms with Crippen LogP contribution in [0.25, 0.3) is 0 Å². The summed E-state index contributed by atoms with van der Waals surface area (Å²) in [5.41, 5.74) is 5.95. The summed E-state index contributed by atoms with van der Waals surface area (Å²) in [6.45, 7) is 1.75. The maximum atomic E-state index is 11.0. The molecule has 1 aromatic rings. The van der Waals surface area contributed by atoms with Gasteiger partial charge in [-0.1, -0.05) is 6.07 Å². The van der Waals surface area contributed by atoms with E-state index >= 15 is 0 Å². The van der Waals surface area contributed by atoms with Crippen LogP contribution < -0.4 is 11.1 Å². The quantitative estimate of drug-likeness (QED) is 0.335. The molecule has 0 spiro atoms. The fraction of sp³-hybridized carbons (Fsp3) is 0.125. The van der Waals surface area contributed by atoms with E-state index in [1.54, 1.807) is 6.92 Å². The van der Waals surface area contributed by atoms with Gasteiger partial charge in [0.1, 0.15) is 4.90 Å². The van der Waals surface area contributed by atoms with Gasteiger partial charge in [0.2, 0.25) is 0 Å². The van der Waals surface area contributed by atoms with Crippen molar-refractivity contribution >= 4 is 21.8 Å². The Labute approximate surface area is 87.4 Å². The first-order valence-electron chi connectivity index (χ1n) is 4.00. The predicted molar refractivity (Wildman–Crippen MR) is 56.5 cm³/mol. The molecule has 5 N–H and O–H groups in total. The van der Waals surface area contributed by atoms with Gasteiger partial charge in [0.05, 0.1) is 5.69 Å². The van der Waals surface area contributed by atoms with E-state index in [1.165, 1.54) is 18.2 Å². The molecule has 7 heteroatoms. The third-order valence-electron chi connectivity index (χ3n) is 1.68. The lowest BCUT2D eigenvalue weighted by atomic mass is 10.2. The molecular weight excluding hydrogens is 218 g/mol. The molecule has 0 heterocycles. The summed E-state index contributed by atoms with van der Waals surface area (Å²) < 4.78 is 30.8. The van der Waals surface area contributed by atoms with Crippen LogP contribution in [0.5, 0.6) is 0 Å². The summed E-state index contributed by atoms with van der Waals surface area (Å²) in [4.78, 5) is -0.302. The number of rotatable bonds is 2. The molecule has 1 rings (SSSR count). The standard InChI is InChI=1S/C8H11N3O3S/c1-5-2-3-7(15(12,13)14)6(4-5)11-8(9)10/h2-4H,1H3,(H4,9,10,11)(H,12,13,14). The van der Waals surface area contributed by atoms with Gasteiger partial charge >= 0.3 is 0 Å². The second kappa shape index (κ2) is 3.87. The van der Waals surface area contributed by atoms with Crippen LogP contribution in [0, 0.1) is 12.3 Å². The van der Waals surface area contributed by atoms with E-state index < -0.39 is 16.1 Å². The first kappa shape index (κ1) is 11.5. The van der Waals surface area contributed by atoms with Crippen molar-refractivity contribution in [3.8, 4) is 0 Å². The first-order valence-corrected chi connectivity index (χ1v) is 5.44. The molecule has 0 saturated heterocycles. The van der Waals surface area contributed by atoms with Crippen LogP contribution in [0.3, 0.4) is 0 Å². The van der Waals surface area contributed by atoms with E-state index in [4.69, 9.17) is 15.7 Å². The number of benzene rings is 1. The highest BCUT2D eigenvalue weighted by atomic mass is 32.2. The van der Waals surface area contributed by atoms with Crippen LogP contribution in [-0.2, 0) is 10.1 Å². The van der Waals surface area contributed by atoms with Crippen molar-refractivity contribution in [1.29, 1.82) is 5.41 Å². The summed E-state index contributed by atoms with van der Waals surface area (Å²) in [6, 6.07) is 4.26. The molecule has 0 aliphatic rings. The van der Waals surface area contributed by atoms with E-state index in [2.05, 4.69) is 5.32 Å². The lowest BCUT2D eigenvalue weighted by Crippen LogP contribution is -2.22. The molecule has 15 heavy (non-hydrogen) atoms. The summed E-state index contributed by atoms with van der Waals surface area (Å²) in [7, 11) is -4.31. The molecule has 1 aromatic carbocycles. The van der Waals surface area contributed by atoms with E-state index in [-0.39, 0.29) is 10.6 Å². The second-order valence-electron chi connectivity index (χ2n) is 3.01. The van der Waals surface area contributed by atoms with Gasteiger partial charge in [-0.2, -0.15) is 8.42 Å². The number of nitrogens with two attached hydrogens (primary N) is 1. The average molecular weight is 229 g/mol. The second-order valence-corrected chi connectivity index (χ2v) is 4.40. The Balaban J connectivity index is 3.33. The van der Waals surface area contributed by atoms with Crippen molar-refractivity contribution in [2.24, 2.45) is 5.73 Å². The third-order valence-corrected chi connectivity index (χ3v) is 2.59.